The van der Waals surface area contributed by atoms with Crippen LogP contribution in [0.15, 0.2) is 93.9 Å². The van der Waals surface area contributed by atoms with Crippen LogP contribution in [-0.4, -0.2) is 41.2 Å². The van der Waals surface area contributed by atoms with Gasteiger partial charge in [-0.15, -0.1) is 4.33 Å². The molecule has 11 heteroatoms. The third-order valence-electron chi connectivity index (χ3n) is 8.33. The number of amides is 1. The number of fused-ring (bicyclic) bond motifs is 2. The van der Waals surface area contributed by atoms with Crippen molar-refractivity contribution >= 4 is 41.0 Å². The van der Waals surface area contributed by atoms with Gasteiger partial charge in [0.2, 0.25) is 11.5 Å². The number of nitrogens with zero attached hydrogens (tertiary/aromatic N) is 3. The monoisotopic (exact) mass is 690 g/mol. The first-order valence-corrected chi connectivity index (χ1v) is 18.0. The van der Waals surface area contributed by atoms with E-state index in [0.717, 1.165) is 121 Å². The molecule has 0 saturated heterocycles. The van der Waals surface area contributed by atoms with Gasteiger partial charge in [0.1, 0.15) is 5.60 Å². The highest BCUT2D eigenvalue weighted by Gasteiger charge is 2.30. The summed E-state index contributed by atoms with van der Waals surface area (Å²) in [5.41, 5.74) is 5.15. The Morgan fingerprint density at radius 2 is 1.84 bits per heavy atom. The number of aromatic nitrogens is 1. The molecular formula is C38H48N3O7S+. The number of anilines is 1. The first-order valence-electron chi connectivity index (χ1n) is 17.0. The van der Waals surface area contributed by atoms with Gasteiger partial charge in [-0.25, -0.2) is 10.1 Å². The van der Waals surface area contributed by atoms with E-state index in [1.165, 1.54) is 0 Å². The molecule has 0 spiro atoms. The maximum absolute atomic E-state index is 13.4. The molecule has 262 valence electrons. The van der Waals surface area contributed by atoms with Gasteiger partial charge in [0.15, 0.2) is 12.3 Å². The molecule has 0 fully saturated rings. The van der Waals surface area contributed by atoms with Crippen LogP contribution in [0.25, 0.3) is 17.2 Å². The van der Waals surface area contributed by atoms with Crippen molar-refractivity contribution in [2.24, 2.45) is 0 Å². The molecule has 1 aliphatic heterocycles. The zero-order chi connectivity index (χ0) is 34.8. The summed E-state index contributed by atoms with van der Waals surface area (Å²) in [6.45, 7) is 9.43. The van der Waals surface area contributed by atoms with E-state index in [0.29, 0.717) is 5.75 Å². The fourth-order valence-corrected chi connectivity index (χ4v) is 6.49. The van der Waals surface area contributed by atoms with Crippen LogP contribution in [0.4, 0.5) is 10.5 Å². The van der Waals surface area contributed by atoms with E-state index < -0.39 is 11.7 Å². The molecule has 1 amide bonds. The second kappa shape index (κ2) is 17.1. The predicted octanol–water partition coefficient (Wildman–Crippen LogP) is 9.35. The van der Waals surface area contributed by atoms with Gasteiger partial charge in [0.25, 0.3) is 5.52 Å². The minimum Gasteiger partial charge on any atom is -0.443 e. The van der Waals surface area contributed by atoms with Crippen molar-refractivity contribution in [1.82, 2.24) is 4.90 Å². The maximum atomic E-state index is 13.4. The molecule has 2 aliphatic rings. The third kappa shape index (κ3) is 9.36. The number of likely N-dealkylation sites (N-methyl/N-ethyl adjacent to an activating group) is 1. The quantitative estimate of drug-likeness (QED) is 0.0550. The molecule has 49 heavy (non-hydrogen) atoms. The van der Waals surface area contributed by atoms with Gasteiger partial charge in [0.05, 0.1) is 17.5 Å². The van der Waals surface area contributed by atoms with Gasteiger partial charge < -0.3 is 18.8 Å². The number of aryl methyl sites for hydroxylation is 1. The highest BCUT2D eigenvalue weighted by atomic mass is 32.2. The Labute approximate surface area is 293 Å². The second-order valence-electron chi connectivity index (χ2n) is 13.1. The second-order valence-corrected chi connectivity index (χ2v) is 13.9. The van der Waals surface area contributed by atoms with Crippen LogP contribution < -0.4 is 14.2 Å². The SMILES string of the molecule is CCCCC[n+]1c(C=CC2=C(N(C)C(=O)OC(C)(C)C)C(=CC=C3Oc4ccccc4N3CCCCSOOO)CC2)oc2ccccc21. The minimum absolute atomic E-state index is 0.410. The fraction of sp³-hybridized carbons (Fsp3) is 0.421. The molecule has 2 aromatic carbocycles. The van der Waals surface area contributed by atoms with Crippen LogP contribution in [0.1, 0.15) is 78.5 Å². The number of rotatable bonds is 15. The van der Waals surface area contributed by atoms with Crippen LogP contribution in [0, 0.1) is 0 Å². The molecule has 2 heterocycles. The Kier molecular flexibility index (Phi) is 12.6. The summed E-state index contributed by atoms with van der Waals surface area (Å²) >= 11 is 1.06. The molecule has 0 radical (unpaired) electrons. The van der Waals surface area contributed by atoms with E-state index in [2.05, 4.69) is 44.0 Å². The van der Waals surface area contributed by atoms with Crippen molar-refractivity contribution in [2.75, 3.05) is 24.2 Å². The molecule has 0 bridgehead atoms. The number of oxazole rings is 1. The van der Waals surface area contributed by atoms with Gasteiger partial charge in [-0.1, -0.05) is 48.7 Å². The Hall–Kier alpha value is -4.03. The standard InChI is InChI=1S/C38H47N3O7S/c1-6-7-12-25-40-30-15-8-10-17-32(30)44-34(40)23-21-28-19-20-29(36(28)39(5)37(42)46-38(2,3)4)22-24-35-41(26-13-14-27-49-48-47-43)31-16-9-11-18-33(31)45-35/h8-11,15-18,21-24H,6-7,12-14,19-20,25-27H2,1-5H3/p+1. The summed E-state index contributed by atoms with van der Waals surface area (Å²) in [5.74, 6) is 2.97. The first kappa shape index (κ1) is 36.3. The van der Waals surface area contributed by atoms with Crippen molar-refractivity contribution in [3.8, 4) is 5.75 Å². The molecule has 1 aliphatic carbocycles. The lowest BCUT2D eigenvalue weighted by atomic mass is 10.1. The van der Waals surface area contributed by atoms with Crippen LogP contribution in [0.2, 0.25) is 0 Å². The number of allylic oxidation sites excluding steroid dienone is 5. The van der Waals surface area contributed by atoms with Crippen LogP contribution in [-0.2, 0) is 20.7 Å². The number of unbranched alkanes of at least 4 members (excludes halogenated alkanes) is 3. The summed E-state index contributed by atoms with van der Waals surface area (Å²) in [4.78, 5) is 17.2. The molecule has 5 rings (SSSR count). The smallest absolute Gasteiger partial charge is 0.414 e. The molecule has 1 aromatic heterocycles. The number of ether oxygens (including phenoxy) is 2. The molecule has 3 aromatic rings. The van der Waals surface area contributed by atoms with Crippen molar-refractivity contribution in [3.05, 3.63) is 95.4 Å². The summed E-state index contributed by atoms with van der Waals surface area (Å²) in [6, 6.07) is 16.1. The van der Waals surface area contributed by atoms with E-state index >= 15 is 0 Å². The molecule has 1 N–H and O–H groups in total. The number of carbonyl (C=O) groups excluding carboxylic acids is 1. The maximum Gasteiger partial charge on any atom is 0.414 e. The summed E-state index contributed by atoms with van der Waals surface area (Å²) in [6.07, 6.45) is 14.3. The van der Waals surface area contributed by atoms with Gasteiger partial charge in [-0.3, -0.25) is 4.90 Å². The number of hydrogen-bond acceptors (Lipinski definition) is 9. The van der Waals surface area contributed by atoms with Crippen LogP contribution in [0.5, 0.6) is 5.75 Å². The van der Waals surface area contributed by atoms with Crippen molar-refractivity contribution in [1.29, 1.82) is 0 Å². The average Bonchev–Trinajstić information content (AvgIpc) is 3.76. The molecule has 0 saturated carbocycles. The molecule has 0 unspecified atom stereocenters. The van der Waals surface area contributed by atoms with Gasteiger partial charge in [-0.05, 0) is 94.4 Å². The number of hydrogen-bond donors (Lipinski definition) is 1. The topological polar surface area (TPSA) is 97.7 Å². The number of benzene rings is 2. The highest BCUT2D eigenvalue weighted by molar-refractivity contribution is 7.94. The molecule has 10 nitrogen and oxygen atoms in total. The van der Waals surface area contributed by atoms with Crippen molar-refractivity contribution in [2.45, 2.75) is 84.8 Å². The Bertz CT molecular complexity index is 1720. The first-order chi connectivity index (χ1) is 23.7. The lowest BCUT2D eigenvalue weighted by Crippen LogP contribution is -2.35. The zero-order valence-electron chi connectivity index (χ0n) is 29.1. The average molecular weight is 691 g/mol. The van der Waals surface area contributed by atoms with E-state index in [1.807, 2.05) is 75.4 Å². The minimum atomic E-state index is -0.635. The van der Waals surface area contributed by atoms with E-state index in [-0.39, 0.29) is 0 Å². The van der Waals surface area contributed by atoms with Gasteiger partial charge >= 0.3 is 12.0 Å². The fourth-order valence-electron chi connectivity index (χ4n) is 6.05. The highest BCUT2D eigenvalue weighted by Crippen LogP contribution is 2.40. The van der Waals surface area contributed by atoms with E-state index in [9.17, 15) is 4.79 Å². The van der Waals surface area contributed by atoms with Crippen molar-refractivity contribution < 1.29 is 37.9 Å². The Balaban J connectivity index is 1.46. The third-order valence-corrected chi connectivity index (χ3v) is 8.94. The van der Waals surface area contributed by atoms with E-state index in [4.69, 9.17) is 19.1 Å². The number of para-hydroxylation sites is 4. The summed E-state index contributed by atoms with van der Waals surface area (Å²) in [5, 5.41) is 12.1. The lowest BCUT2D eigenvalue weighted by molar-refractivity contribution is -0.678. The van der Waals surface area contributed by atoms with Crippen LogP contribution in [0.3, 0.4) is 0 Å². The normalized spacial score (nSPS) is 16.4. The summed E-state index contributed by atoms with van der Waals surface area (Å²) in [7, 11) is 1.77. The van der Waals surface area contributed by atoms with Crippen LogP contribution >= 0.6 is 12.0 Å². The Morgan fingerprint density at radius 1 is 1.04 bits per heavy atom. The lowest BCUT2D eigenvalue weighted by Gasteiger charge is -2.26. The molecular weight excluding hydrogens is 642 g/mol. The predicted molar refractivity (Wildman–Crippen MR) is 192 cm³/mol. The molecule has 0 atom stereocenters. The summed E-state index contributed by atoms with van der Waals surface area (Å²) < 4.78 is 25.2. The van der Waals surface area contributed by atoms with Crippen molar-refractivity contribution in [3.63, 3.8) is 0 Å². The largest absolute Gasteiger partial charge is 0.443 e. The Morgan fingerprint density at radius 3 is 2.63 bits per heavy atom. The zero-order valence-corrected chi connectivity index (χ0v) is 30.0. The van der Waals surface area contributed by atoms with Gasteiger partial charge in [0, 0.05) is 43.9 Å². The van der Waals surface area contributed by atoms with Gasteiger partial charge in [-0.2, -0.15) is 4.57 Å². The van der Waals surface area contributed by atoms with E-state index in [1.54, 1.807) is 11.9 Å². The number of carbonyl (C=O) groups is 1.